The minimum absolute atomic E-state index is 0.113. The van der Waals surface area contributed by atoms with Crippen molar-refractivity contribution in [3.05, 3.63) is 35.9 Å². The number of piperidine rings is 1. The molecule has 1 amide bonds. The van der Waals surface area contributed by atoms with E-state index in [1.54, 1.807) is 30.3 Å². The highest BCUT2D eigenvalue weighted by atomic mass is 19.4. The minimum atomic E-state index is -4.21. The maximum absolute atomic E-state index is 12.6. The van der Waals surface area contributed by atoms with Gasteiger partial charge in [0.1, 0.15) is 0 Å². The standard InChI is InChI=1S/C13H14F3NO/c14-13(15,16)11-7-4-8-17(9-11)12(18)10-5-2-1-3-6-10/h1-3,5-6,11H,4,7-9H2/t11-/m0/s1. The Morgan fingerprint density at radius 3 is 2.50 bits per heavy atom. The van der Waals surface area contributed by atoms with Gasteiger partial charge in [-0.15, -0.1) is 0 Å². The highest BCUT2D eigenvalue weighted by Gasteiger charge is 2.42. The van der Waals surface area contributed by atoms with Crippen LogP contribution in [0.25, 0.3) is 0 Å². The first-order valence-corrected chi connectivity index (χ1v) is 5.89. The summed E-state index contributed by atoms with van der Waals surface area (Å²) in [6.45, 7) is 0.178. The molecule has 1 heterocycles. The summed E-state index contributed by atoms with van der Waals surface area (Å²) in [4.78, 5) is 13.3. The van der Waals surface area contributed by atoms with Gasteiger partial charge in [-0.2, -0.15) is 13.2 Å². The van der Waals surface area contributed by atoms with Crippen molar-refractivity contribution in [2.24, 2.45) is 5.92 Å². The molecule has 0 aliphatic carbocycles. The van der Waals surface area contributed by atoms with Gasteiger partial charge in [-0.3, -0.25) is 4.79 Å². The normalized spacial score (nSPS) is 20.8. The van der Waals surface area contributed by atoms with E-state index in [1.165, 1.54) is 4.90 Å². The fraction of sp³-hybridized carbons (Fsp3) is 0.462. The molecule has 1 aliphatic rings. The van der Waals surface area contributed by atoms with Gasteiger partial charge < -0.3 is 4.90 Å². The van der Waals surface area contributed by atoms with Gasteiger partial charge in [-0.05, 0) is 25.0 Å². The molecule has 0 bridgehead atoms. The molecule has 98 valence electrons. The molecule has 1 fully saturated rings. The Hall–Kier alpha value is -1.52. The Morgan fingerprint density at radius 1 is 1.22 bits per heavy atom. The van der Waals surface area contributed by atoms with E-state index < -0.39 is 12.1 Å². The van der Waals surface area contributed by atoms with Gasteiger partial charge in [-0.1, -0.05) is 18.2 Å². The fourth-order valence-corrected chi connectivity index (χ4v) is 2.19. The Morgan fingerprint density at radius 2 is 1.89 bits per heavy atom. The summed E-state index contributed by atoms with van der Waals surface area (Å²) in [6, 6.07) is 8.43. The predicted octanol–water partition coefficient (Wildman–Crippen LogP) is 3.10. The van der Waals surface area contributed by atoms with Crippen LogP contribution in [-0.4, -0.2) is 30.1 Å². The molecule has 1 atom stereocenters. The van der Waals surface area contributed by atoms with Crippen molar-refractivity contribution in [3.63, 3.8) is 0 Å². The third-order valence-electron chi connectivity index (χ3n) is 3.19. The summed E-state index contributed by atoms with van der Waals surface area (Å²) in [7, 11) is 0. The van der Waals surface area contributed by atoms with E-state index >= 15 is 0 Å². The van der Waals surface area contributed by atoms with Crippen LogP contribution in [0.5, 0.6) is 0 Å². The van der Waals surface area contributed by atoms with E-state index in [-0.39, 0.29) is 18.9 Å². The second-order valence-electron chi connectivity index (χ2n) is 4.50. The van der Waals surface area contributed by atoms with Gasteiger partial charge in [0.15, 0.2) is 0 Å². The molecule has 0 unspecified atom stereocenters. The highest BCUT2D eigenvalue weighted by molar-refractivity contribution is 5.94. The van der Waals surface area contributed by atoms with Crippen molar-refractivity contribution < 1.29 is 18.0 Å². The topological polar surface area (TPSA) is 20.3 Å². The molecule has 0 radical (unpaired) electrons. The van der Waals surface area contributed by atoms with Crippen molar-refractivity contribution in [2.45, 2.75) is 19.0 Å². The van der Waals surface area contributed by atoms with Crippen LogP contribution >= 0.6 is 0 Å². The number of hydrogen-bond donors (Lipinski definition) is 0. The monoisotopic (exact) mass is 257 g/mol. The molecule has 2 rings (SSSR count). The van der Waals surface area contributed by atoms with Gasteiger partial charge >= 0.3 is 6.18 Å². The van der Waals surface area contributed by atoms with Crippen LogP contribution in [0.3, 0.4) is 0 Å². The zero-order valence-corrected chi connectivity index (χ0v) is 9.78. The number of alkyl halides is 3. The molecular formula is C13H14F3NO. The summed E-state index contributed by atoms with van der Waals surface area (Å²) in [5.41, 5.74) is 0.445. The van der Waals surface area contributed by atoms with Crippen molar-refractivity contribution in [3.8, 4) is 0 Å². The van der Waals surface area contributed by atoms with Crippen LogP contribution in [-0.2, 0) is 0 Å². The van der Waals surface area contributed by atoms with Crippen molar-refractivity contribution in [1.82, 2.24) is 4.90 Å². The van der Waals surface area contributed by atoms with E-state index in [9.17, 15) is 18.0 Å². The Bertz CT molecular complexity index is 416. The lowest BCUT2D eigenvalue weighted by atomic mass is 9.97. The van der Waals surface area contributed by atoms with E-state index in [2.05, 4.69) is 0 Å². The van der Waals surface area contributed by atoms with E-state index in [4.69, 9.17) is 0 Å². The van der Waals surface area contributed by atoms with Crippen LogP contribution < -0.4 is 0 Å². The lowest BCUT2D eigenvalue weighted by molar-refractivity contribution is -0.184. The minimum Gasteiger partial charge on any atom is -0.338 e. The van der Waals surface area contributed by atoms with E-state index in [0.717, 1.165) is 0 Å². The van der Waals surface area contributed by atoms with Gasteiger partial charge in [0, 0.05) is 18.7 Å². The summed E-state index contributed by atoms with van der Waals surface area (Å²) >= 11 is 0. The number of likely N-dealkylation sites (tertiary alicyclic amines) is 1. The molecule has 1 aromatic rings. The fourth-order valence-electron chi connectivity index (χ4n) is 2.19. The number of hydrogen-bond acceptors (Lipinski definition) is 1. The lowest BCUT2D eigenvalue weighted by Crippen LogP contribution is -2.44. The first kappa shape index (κ1) is 12.9. The van der Waals surface area contributed by atoms with Gasteiger partial charge in [0.05, 0.1) is 5.92 Å². The molecule has 5 heteroatoms. The molecule has 1 saturated heterocycles. The van der Waals surface area contributed by atoms with Crippen LogP contribution in [0, 0.1) is 5.92 Å². The van der Waals surface area contributed by atoms with Gasteiger partial charge in [0.2, 0.25) is 0 Å². The Kier molecular flexibility index (Phi) is 3.59. The van der Waals surface area contributed by atoms with Crippen LogP contribution in [0.2, 0.25) is 0 Å². The number of rotatable bonds is 1. The van der Waals surface area contributed by atoms with Gasteiger partial charge in [-0.25, -0.2) is 0 Å². The summed E-state index contributed by atoms with van der Waals surface area (Å²) in [5.74, 6) is -1.71. The quantitative estimate of drug-likeness (QED) is 0.757. The average molecular weight is 257 g/mol. The first-order chi connectivity index (χ1) is 8.48. The largest absolute Gasteiger partial charge is 0.393 e. The lowest BCUT2D eigenvalue weighted by Gasteiger charge is -2.33. The molecule has 0 aromatic heterocycles. The summed E-state index contributed by atoms with van der Waals surface area (Å²) in [5, 5.41) is 0. The average Bonchev–Trinajstić information content (AvgIpc) is 2.38. The molecule has 1 aliphatic heterocycles. The number of nitrogens with zero attached hydrogens (tertiary/aromatic N) is 1. The number of carbonyl (C=O) groups is 1. The zero-order valence-electron chi connectivity index (χ0n) is 9.78. The van der Waals surface area contributed by atoms with Crippen molar-refractivity contribution in [1.29, 1.82) is 0 Å². The van der Waals surface area contributed by atoms with E-state index in [0.29, 0.717) is 18.5 Å². The Labute approximate surface area is 103 Å². The molecule has 0 N–H and O–H groups in total. The molecular weight excluding hydrogens is 243 g/mol. The number of carbonyl (C=O) groups excluding carboxylic acids is 1. The molecule has 0 spiro atoms. The maximum atomic E-state index is 12.6. The van der Waals surface area contributed by atoms with Crippen LogP contribution in [0.15, 0.2) is 30.3 Å². The smallest absolute Gasteiger partial charge is 0.338 e. The number of halogens is 3. The molecule has 2 nitrogen and oxygen atoms in total. The zero-order chi connectivity index (χ0) is 13.2. The predicted molar refractivity (Wildman–Crippen MR) is 61.1 cm³/mol. The second kappa shape index (κ2) is 5.00. The molecule has 1 aromatic carbocycles. The van der Waals surface area contributed by atoms with E-state index in [1.807, 2.05) is 0 Å². The second-order valence-corrected chi connectivity index (χ2v) is 4.50. The van der Waals surface area contributed by atoms with Crippen LogP contribution in [0.1, 0.15) is 23.2 Å². The SMILES string of the molecule is O=C(c1ccccc1)N1CCC[C@H](C(F)(F)F)C1. The molecule has 18 heavy (non-hydrogen) atoms. The third-order valence-corrected chi connectivity index (χ3v) is 3.19. The summed E-state index contributed by atoms with van der Waals surface area (Å²) < 4.78 is 37.9. The number of benzene rings is 1. The number of amides is 1. The maximum Gasteiger partial charge on any atom is 0.393 e. The van der Waals surface area contributed by atoms with Crippen molar-refractivity contribution >= 4 is 5.91 Å². The van der Waals surface area contributed by atoms with Gasteiger partial charge in [0.25, 0.3) is 5.91 Å². The summed E-state index contributed by atoms with van der Waals surface area (Å²) in [6.07, 6.45) is -3.69. The van der Waals surface area contributed by atoms with Crippen molar-refractivity contribution in [2.75, 3.05) is 13.1 Å². The highest BCUT2D eigenvalue weighted by Crippen LogP contribution is 2.33. The Balaban J connectivity index is 2.08. The third kappa shape index (κ3) is 2.83. The van der Waals surface area contributed by atoms with Crippen LogP contribution in [0.4, 0.5) is 13.2 Å². The molecule has 0 saturated carbocycles. The first-order valence-electron chi connectivity index (χ1n) is 5.89.